The molecular formula is C12H10ClFN2. The average Bonchev–Trinajstić information content (AvgIpc) is 2.32. The maximum atomic E-state index is 13.3. The molecule has 1 heterocycles. The van der Waals surface area contributed by atoms with Crippen molar-refractivity contribution in [2.75, 3.05) is 5.32 Å². The van der Waals surface area contributed by atoms with Crippen LogP contribution in [-0.2, 0) is 6.54 Å². The second-order valence-electron chi connectivity index (χ2n) is 3.34. The van der Waals surface area contributed by atoms with Gasteiger partial charge in [0.15, 0.2) is 0 Å². The van der Waals surface area contributed by atoms with Gasteiger partial charge in [-0.05, 0) is 29.8 Å². The maximum absolute atomic E-state index is 13.3. The second kappa shape index (κ2) is 4.94. The van der Waals surface area contributed by atoms with Gasteiger partial charge < -0.3 is 5.32 Å². The molecule has 0 saturated carbocycles. The third-order valence-electron chi connectivity index (χ3n) is 2.13. The molecule has 0 aliphatic heterocycles. The first-order chi connectivity index (χ1) is 7.75. The Morgan fingerprint density at radius 3 is 2.94 bits per heavy atom. The van der Waals surface area contributed by atoms with Gasteiger partial charge in [0.05, 0.1) is 5.69 Å². The summed E-state index contributed by atoms with van der Waals surface area (Å²) >= 11 is 5.78. The first-order valence-corrected chi connectivity index (χ1v) is 5.21. The molecule has 0 radical (unpaired) electrons. The molecule has 0 saturated heterocycles. The van der Waals surface area contributed by atoms with Crippen molar-refractivity contribution in [3.8, 4) is 0 Å². The van der Waals surface area contributed by atoms with Gasteiger partial charge in [-0.25, -0.2) is 4.39 Å². The monoisotopic (exact) mass is 236 g/mol. The standard InChI is InChI=1S/C12H10ClFN2/c13-10-3-4-11(14)12(6-10)16-8-9-2-1-5-15-7-9/h1-7,16H,8H2. The SMILES string of the molecule is Fc1ccc(Cl)cc1NCc1cccnc1. The van der Waals surface area contributed by atoms with E-state index < -0.39 is 0 Å². The van der Waals surface area contributed by atoms with Gasteiger partial charge in [0.1, 0.15) is 5.82 Å². The molecule has 0 atom stereocenters. The number of anilines is 1. The molecule has 0 fully saturated rings. The van der Waals surface area contributed by atoms with Crippen molar-refractivity contribution in [3.05, 3.63) is 59.1 Å². The summed E-state index contributed by atoms with van der Waals surface area (Å²) in [5, 5.41) is 3.48. The van der Waals surface area contributed by atoms with Gasteiger partial charge in [0.2, 0.25) is 0 Å². The molecule has 1 aromatic carbocycles. The van der Waals surface area contributed by atoms with Crippen LogP contribution in [0.3, 0.4) is 0 Å². The Morgan fingerprint density at radius 2 is 2.19 bits per heavy atom. The molecule has 4 heteroatoms. The second-order valence-corrected chi connectivity index (χ2v) is 3.78. The summed E-state index contributed by atoms with van der Waals surface area (Å²) in [5.74, 6) is -0.312. The van der Waals surface area contributed by atoms with Crippen LogP contribution in [0.25, 0.3) is 0 Å². The van der Waals surface area contributed by atoms with Crippen molar-refractivity contribution in [1.82, 2.24) is 4.98 Å². The summed E-state index contributed by atoms with van der Waals surface area (Å²) in [6, 6.07) is 8.18. The van der Waals surface area contributed by atoms with Crippen LogP contribution in [0.5, 0.6) is 0 Å². The zero-order valence-electron chi connectivity index (χ0n) is 8.45. The predicted octanol–water partition coefficient (Wildman–Crippen LogP) is 3.49. The minimum Gasteiger partial charge on any atom is -0.378 e. The Balaban J connectivity index is 2.08. The lowest BCUT2D eigenvalue weighted by molar-refractivity contribution is 0.630. The lowest BCUT2D eigenvalue weighted by atomic mass is 10.2. The summed E-state index contributed by atoms with van der Waals surface area (Å²) in [7, 11) is 0. The normalized spacial score (nSPS) is 10.1. The van der Waals surface area contributed by atoms with Gasteiger partial charge in [0.25, 0.3) is 0 Å². The summed E-state index contributed by atoms with van der Waals surface area (Å²) in [6.07, 6.45) is 3.43. The van der Waals surface area contributed by atoms with Crippen LogP contribution in [0.4, 0.5) is 10.1 Å². The fourth-order valence-electron chi connectivity index (χ4n) is 1.33. The number of pyridine rings is 1. The number of hydrogen-bond donors (Lipinski definition) is 1. The molecule has 0 amide bonds. The van der Waals surface area contributed by atoms with E-state index >= 15 is 0 Å². The van der Waals surface area contributed by atoms with E-state index in [1.54, 1.807) is 18.5 Å². The fraction of sp³-hybridized carbons (Fsp3) is 0.0833. The molecule has 1 aromatic heterocycles. The largest absolute Gasteiger partial charge is 0.378 e. The highest BCUT2D eigenvalue weighted by atomic mass is 35.5. The number of nitrogens with zero attached hydrogens (tertiary/aromatic N) is 1. The molecule has 2 nitrogen and oxygen atoms in total. The molecule has 0 aliphatic rings. The minimum atomic E-state index is -0.312. The minimum absolute atomic E-state index is 0.312. The Kier molecular flexibility index (Phi) is 3.37. The topological polar surface area (TPSA) is 24.9 Å². The van der Waals surface area contributed by atoms with E-state index in [-0.39, 0.29) is 5.82 Å². The van der Waals surface area contributed by atoms with Crippen LogP contribution >= 0.6 is 11.6 Å². The van der Waals surface area contributed by atoms with Crippen molar-refractivity contribution in [3.63, 3.8) is 0 Å². The number of aromatic nitrogens is 1. The Bertz CT molecular complexity index is 474. The lowest BCUT2D eigenvalue weighted by Gasteiger charge is -2.07. The Labute approximate surface area is 98.1 Å². The van der Waals surface area contributed by atoms with E-state index in [0.29, 0.717) is 17.3 Å². The highest BCUT2D eigenvalue weighted by molar-refractivity contribution is 6.30. The van der Waals surface area contributed by atoms with Crippen LogP contribution < -0.4 is 5.32 Å². The summed E-state index contributed by atoms with van der Waals surface area (Å²) in [4.78, 5) is 3.98. The van der Waals surface area contributed by atoms with Crippen LogP contribution in [0.2, 0.25) is 5.02 Å². The summed E-state index contributed by atoms with van der Waals surface area (Å²) < 4.78 is 13.3. The van der Waals surface area contributed by atoms with Crippen molar-refractivity contribution in [2.45, 2.75) is 6.54 Å². The highest BCUT2D eigenvalue weighted by Gasteiger charge is 2.02. The zero-order chi connectivity index (χ0) is 11.4. The highest BCUT2D eigenvalue weighted by Crippen LogP contribution is 2.19. The molecule has 2 rings (SSSR count). The molecule has 2 aromatic rings. The fourth-order valence-corrected chi connectivity index (χ4v) is 1.51. The first kappa shape index (κ1) is 10.9. The molecule has 16 heavy (non-hydrogen) atoms. The van der Waals surface area contributed by atoms with Crippen molar-refractivity contribution in [1.29, 1.82) is 0 Å². The van der Waals surface area contributed by atoms with E-state index in [4.69, 9.17) is 11.6 Å². The first-order valence-electron chi connectivity index (χ1n) is 4.83. The van der Waals surface area contributed by atoms with E-state index in [9.17, 15) is 4.39 Å². The van der Waals surface area contributed by atoms with E-state index in [2.05, 4.69) is 10.3 Å². The van der Waals surface area contributed by atoms with Crippen LogP contribution in [0.15, 0.2) is 42.7 Å². The van der Waals surface area contributed by atoms with Gasteiger partial charge in [-0.1, -0.05) is 17.7 Å². The van der Waals surface area contributed by atoms with Gasteiger partial charge in [0, 0.05) is 24.0 Å². The third kappa shape index (κ3) is 2.70. The maximum Gasteiger partial charge on any atom is 0.146 e. The van der Waals surface area contributed by atoms with Gasteiger partial charge in [-0.3, -0.25) is 4.98 Å². The lowest BCUT2D eigenvalue weighted by Crippen LogP contribution is -2.01. The predicted molar refractivity (Wildman–Crippen MR) is 63.0 cm³/mol. The summed E-state index contributed by atoms with van der Waals surface area (Å²) in [5.41, 5.74) is 1.39. The van der Waals surface area contributed by atoms with Crippen molar-refractivity contribution in [2.24, 2.45) is 0 Å². The molecule has 0 bridgehead atoms. The molecule has 0 spiro atoms. The van der Waals surface area contributed by atoms with Gasteiger partial charge in [-0.15, -0.1) is 0 Å². The Morgan fingerprint density at radius 1 is 1.31 bits per heavy atom. The van der Waals surface area contributed by atoms with Crippen molar-refractivity contribution >= 4 is 17.3 Å². The van der Waals surface area contributed by atoms with E-state index in [0.717, 1.165) is 5.56 Å². The van der Waals surface area contributed by atoms with E-state index in [1.165, 1.54) is 12.1 Å². The average molecular weight is 237 g/mol. The molecule has 1 N–H and O–H groups in total. The number of hydrogen-bond acceptors (Lipinski definition) is 2. The van der Waals surface area contributed by atoms with Crippen LogP contribution in [-0.4, -0.2) is 4.98 Å². The third-order valence-corrected chi connectivity index (χ3v) is 2.37. The molecular weight excluding hydrogens is 227 g/mol. The van der Waals surface area contributed by atoms with E-state index in [1.807, 2.05) is 12.1 Å². The number of nitrogens with one attached hydrogen (secondary N) is 1. The van der Waals surface area contributed by atoms with Gasteiger partial charge >= 0.3 is 0 Å². The molecule has 0 unspecified atom stereocenters. The van der Waals surface area contributed by atoms with Gasteiger partial charge in [-0.2, -0.15) is 0 Å². The number of rotatable bonds is 3. The number of halogens is 2. The summed E-state index contributed by atoms with van der Waals surface area (Å²) in [6.45, 7) is 0.519. The number of benzene rings is 1. The molecule has 0 aliphatic carbocycles. The smallest absolute Gasteiger partial charge is 0.146 e. The van der Waals surface area contributed by atoms with Crippen LogP contribution in [0.1, 0.15) is 5.56 Å². The zero-order valence-corrected chi connectivity index (χ0v) is 9.21. The molecule has 82 valence electrons. The Hall–Kier alpha value is -1.61. The van der Waals surface area contributed by atoms with Crippen molar-refractivity contribution < 1.29 is 4.39 Å². The van der Waals surface area contributed by atoms with Crippen LogP contribution in [0, 0.1) is 5.82 Å². The quantitative estimate of drug-likeness (QED) is 0.883.